The zero-order chi connectivity index (χ0) is 9.84. The second-order valence-corrected chi connectivity index (χ2v) is 2.86. The van der Waals surface area contributed by atoms with Crippen molar-refractivity contribution < 1.29 is 4.79 Å². The van der Waals surface area contributed by atoms with Crippen LogP contribution >= 0.6 is 0 Å². The van der Waals surface area contributed by atoms with Gasteiger partial charge in [0.05, 0.1) is 0 Å². The van der Waals surface area contributed by atoms with Gasteiger partial charge in [-0.05, 0) is 30.7 Å². The molecule has 1 amide bonds. The van der Waals surface area contributed by atoms with Gasteiger partial charge in [0.15, 0.2) is 0 Å². The average molecular weight is 178 g/mol. The average Bonchev–Trinajstić information content (AvgIpc) is 2.16. The molecule has 3 heteroatoms. The molecule has 0 atom stereocenters. The van der Waals surface area contributed by atoms with Crippen LogP contribution in [-0.4, -0.2) is 20.0 Å². The number of hydrogen-bond acceptors (Lipinski definition) is 2. The van der Waals surface area contributed by atoms with E-state index in [1.165, 1.54) is 0 Å². The van der Waals surface area contributed by atoms with E-state index in [0.29, 0.717) is 5.56 Å². The van der Waals surface area contributed by atoms with Crippen molar-refractivity contribution in [2.75, 3.05) is 19.4 Å². The first-order chi connectivity index (χ1) is 6.19. The van der Waals surface area contributed by atoms with Crippen LogP contribution in [-0.2, 0) is 0 Å². The topological polar surface area (TPSA) is 41.1 Å². The highest BCUT2D eigenvalue weighted by molar-refractivity contribution is 5.94. The molecular formula is C10H14N2O. The predicted molar refractivity (Wildman–Crippen MR) is 54.1 cm³/mol. The summed E-state index contributed by atoms with van der Waals surface area (Å²) >= 11 is 0. The molecule has 2 N–H and O–H groups in total. The molecule has 13 heavy (non-hydrogen) atoms. The van der Waals surface area contributed by atoms with Crippen LogP contribution in [0.4, 0.5) is 5.69 Å². The van der Waals surface area contributed by atoms with Gasteiger partial charge in [0.1, 0.15) is 0 Å². The number of benzene rings is 1. The van der Waals surface area contributed by atoms with Crippen molar-refractivity contribution in [1.82, 2.24) is 5.32 Å². The second-order valence-electron chi connectivity index (χ2n) is 2.86. The quantitative estimate of drug-likeness (QED) is 0.718. The maximum Gasteiger partial charge on any atom is 0.251 e. The van der Waals surface area contributed by atoms with E-state index in [1.54, 1.807) is 13.1 Å². The number of carbonyl (C=O) groups excluding carboxylic acids is 1. The zero-order valence-corrected chi connectivity index (χ0v) is 8.14. The molecule has 70 valence electrons. The van der Waals surface area contributed by atoms with Gasteiger partial charge in [-0.25, -0.2) is 0 Å². The van der Waals surface area contributed by atoms with E-state index < -0.39 is 0 Å². The highest BCUT2D eigenvalue weighted by atomic mass is 16.1. The van der Waals surface area contributed by atoms with Crippen molar-refractivity contribution in [1.29, 1.82) is 0 Å². The first-order valence-corrected chi connectivity index (χ1v) is 4.19. The lowest BCUT2D eigenvalue weighted by Crippen LogP contribution is -2.17. The Kier molecular flexibility index (Phi) is 2.90. The maximum atomic E-state index is 11.2. The standard InChI is InChI=1S/C10H14N2O/c1-7-6-8(10(13)12-3)4-5-9(7)11-2/h4-6,11H,1-3H3,(H,12,13). The highest BCUT2D eigenvalue weighted by Crippen LogP contribution is 2.15. The number of carbonyl (C=O) groups is 1. The summed E-state index contributed by atoms with van der Waals surface area (Å²) in [6.07, 6.45) is 0. The van der Waals surface area contributed by atoms with Gasteiger partial charge in [-0.2, -0.15) is 0 Å². The summed E-state index contributed by atoms with van der Waals surface area (Å²) in [7, 11) is 3.49. The lowest BCUT2D eigenvalue weighted by molar-refractivity contribution is 0.0963. The summed E-state index contributed by atoms with van der Waals surface area (Å²) in [4.78, 5) is 11.2. The summed E-state index contributed by atoms with van der Waals surface area (Å²) in [5, 5.41) is 5.63. The van der Waals surface area contributed by atoms with Crippen LogP contribution in [0.3, 0.4) is 0 Å². The number of hydrogen-bond donors (Lipinski definition) is 2. The smallest absolute Gasteiger partial charge is 0.251 e. The third-order valence-electron chi connectivity index (χ3n) is 1.98. The molecular weight excluding hydrogens is 164 g/mol. The van der Waals surface area contributed by atoms with Gasteiger partial charge in [0, 0.05) is 25.3 Å². The van der Waals surface area contributed by atoms with Crippen LogP contribution in [0.5, 0.6) is 0 Å². The van der Waals surface area contributed by atoms with Gasteiger partial charge in [-0.3, -0.25) is 4.79 Å². The Labute approximate surface area is 78.2 Å². The Morgan fingerprint density at radius 3 is 2.46 bits per heavy atom. The highest BCUT2D eigenvalue weighted by Gasteiger charge is 2.04. The number of nitrogens with one attached hydrogen (secondary N) is 2. The van der Waals surface area contributed by atoms with Gasteiger partial charge >= 0.3 is 0 Å². The molecule has 0 heterocycles. The van der Waals surface area contributed by atoms with Crippen molar-refractivity contribution in [2.24, 2.45) is 0 Å². The Morgan fingerprint density at radius 1 is 1.31 bits per heavy atom. The molecule has 0 aliphatic rings. The van der Waals surface area contributed by atoms with Gasteiger partial charge in [-0.1, -0.05) is 0 Å². The van der Waals surface area contributed by atoms with E-state index in [-0.39, 0.29) is 5.91 Å². The fourth-order valence-electron chi connectivity index (χ4n) is 1.23. The van der Waals surface area contributed by atoms with E-state index in [0.717, 1.165) is 11.3 Å². The van der Waals surface area contributed by atoms with E-state index in [9.17, 15) is 4.79 Å². The molecule has 0 fully saturated rings. The van der Waals surface area contributed by atoms with Crippen LogP contribution in [0, 0.1) is 6.92 Å². The monoisotopic (exact) mass is 178 g/mol. The van der Waals surface area contributed by atoms with E-state index >= 15 is 0 Å². The molecule has 0 aromatic heterocycles. The molecule has 0 aliphatic carbocycles. The summed E-state index contributed by atoms with van der Waals surface area (Å²) in [6, 6.07) is 5.57. The van der Waals surface area contributed by atoms with E-state index in [2.05, 4.69) is 10.6 Å². The Morgan fingerprint density at radius 2 is 2.00 bits per heavy atom. The van der Waals surface area contributed by atoms with Crippen LogP contribution < -0.4 is 10.6 Å². The molecule has 0 unspecified atom stereocenters. The van der Waals surface area contributed by atoms with Crippen molar-refractivity contribution >= 4 is 11.6 Å². The summed E-state index contributed by atoms with van der Waals surface area (Å²) < 4.78 is 0. The molecule has 0 spiro atoms. The minimum absolute atomic E-state index is 0.0502. The largest absolute Gasteiger partial charge is 0.388 e. The van der Waals surface area contributed by atoms with Crippen LogP contribution in [0.15, 0.2) is 18.2 Å². The first kappa shape index (κ1) is 9.58. The first-order valence-electron chi connectivity index (χ1n) is 4.19. The van der Waals surface area contributed by atoms with Crippen LogP contribution in [0.1, 0.15) is 15.9 Å². The lowest BCUT2D eigenvalue weighted by atomic mass is 10.1. The number of rotatable bonds is 2. The van der Waals surface area contributed by atoms with Crippen molar-refractivity contribution in [2.45, 2.75) is 6.92 Å². The van der Waals surface area contributed by atoms with Crippen molar-refractivity contribution in [3.05, 3.63) is 29.3 Å². The molecule has 1 rings (SSSR count). The molecule has 0 saturated carbocycles. The van der Waals surface area contributed by atoms with Gasteiger partial charge in [-0.15, -0.1) is 0 Å². The molecule has 0 saturated heterocycles. The summed E-state index contributed by atoms with van der Waals surface area (Å²) in [6.45, 7) is 1.97. The van der Waals surface area contributed by atoms with Crippen LogP contribution in [0.2, 0.25) is 0 Å². The van der Waals surface area contributed by atoms with Crippen LogP contribution in [0.25, 0.3) is 0 Å². The Balaban J connectivity index is 3.02. The fourth-order valence-corrected chi connectivity index (χ4v) is 1.23. The molecule has 1 aromatic carbocycles. The van der Waals surface area contributed by atoms with E-state index in [1.807, 2.05) is 26.1 Å². The third-order valence-corrected chi connectivity index (χ3v) is 1.98. The minimum atomic E-state index is -0.0502. The normalized spacial score (nSPS) is 9.46. The Bertz CT molecular complexity index is 321. The zero-order valence-electron chi connectivity index (χ0n) is 8.14. The van der Waals surface area contributed by atoms with Gasteiger partial charge in [0.25, 0.3) is 5.91 Å². The van der Waals surface area contributed by atoms with Crippen molar-refractivity contribution in [3.8, 4) is 0 Å². The molecule has 0 radical (unpaired) electrons. The van der Waals surface area contributed by atoms with Gasteiger partial charge in [0.2, 0.25) is 0 Å². The number of aryl methyl sites for hydroxylation is 1. The Hall–Kier alpha value is -1.51. The summed E-state index contributed by atoms with van der Waals surface area (Å²) in [5.41, 5.74) is 2.82. The second kappa shape index (κ2) is 3.94. The van der Waals surface area contributed by atoms with Crippen molar-refractivity contribution in [3.63, 3.8) is 0 Å². The predicted octanol–water partition coefficient (Wildman–Crippen LogP) is 1.40. The SMILES string of the molecule is CNC(=O)c1ccc(NC)c(C)c1. The molecule has 1 aromatic rings. The molecule has 3 nitrogen and oxygen atoms in total. The number of amides is 1. The fraction of sp³-hybridized carbons (Fsp3) is 0.300. The third kappa shape index (κ3) is 1.99. The number of anilines is 1. The molecule has 0 aliphatic heterocycles. The maximum absolute atomic E-state index is 11.2. The lowest BCUT2D eigenvalue weighted by Gasteiger charge is -2.06. The molecule has 0 bridgehead atoms. The van der Waals surface area contributed by atoms with E-state index in [4.69, 9.17) is 0 Å². The minimum Gasteiger partial charge on any atom is -0.388 e. The van der Waals surface area contributed by atoms with Gasteiger partial charge < -0.3 is 10.6 Å². The summed E-state index contributed by atoms with van der Waals surface area (Å²) in [5.74, 6) is -0.0502.